The number of hydrogen-bond donors (Lipinski definition) is 2. The lowest BCUT2D eigenvalue weighted by molar-refractivity contribution is -0.123. The van der Waals surface area contributed by atoms with E-state index in [1.165, 1.54) is 13.2 Å². The molecule has 0 atom stereocenters. The van der Waals surface area contributed by atoms with Gasteiger partial charge in [-0.1, -0.05) is 12.1 Å². The highest BCUT2D eigenvalue weighted by atomic mass is 16.5. The van der Waals surface area contributed by atoms with Gasteiger partial charge in [-0.2, -0.15) is 0 Å². The highest BCUT2D eigenvalue weighted by Crippen LogP contribution is 2.15. The van der Waals surface area contributed by atoms with Crippen molar-refractivity contribution in [2.24, 2.45) is 0 Å². The lowest BCUT2D eigenvalue weighted by Crippen LogP contribution is -2.28. The van der Waals surface area contributed by atoms with Gasteiger partial charge in [-0.25, -0.2) is 4.98 Å². The molecule has 0 saturated heterocycles. The number of carbonyl (C=O) groups is 2. The van der Waals surface area contributed by atoms with Gasteiger partial charge < -0.3 is 14.5 Å². The van der Waals surface area contributed by atoms with Gasteiger partial charge in [-0.05, 0) is 31.2 Å². The number of Topliss-reactive ketones (excluding diaryl/α,β-unsaturated/α-hetero) is 1. The summed E-state index contributed by atoms with van der Waals surface area (Å²) < 4.78 is 10.6. The third-order valence-corrected chi connectivity index (χ3v) is 3.34. The molecule has 8 heteroatoms. The number of ether oxygens (including phenoxy) is 1. The van der Waals surface area contributed by atoms with Crippen LogP contribution in [0.1, 0.15) is 23.1 Å². The van der Waals surface area contributed by atoms with E-state index in [1.54, 1.807) is 36.4 Å². The van der Waals surface area contributed by atoms with Gasteiger partial charge in [0.2, 0.25) is 5.82 Å². The zero-order valence-corrected chi connectivity index (χ0v) is 13.5. The van der Waals surface area contributed by atoms with Gasteiger partial charge in [-0.3, -0.25) is 14.7 Å². The maximum absolute atomic E-state index is 11.9. The average Bonchev–Trinajstić information content (AvgIpc) is 3.29. The first-order chi connectivity index (χ1) is 12.1. The molecule has 3 rings (SSSR count). The van der Waals surface area contributed by atoms with Gasteiger partial charge in [0.1, 0.15) is 11.6 Å². The van der Waals surface area contributed by atoms with Crippen LogP contribution in [0.25, 0.3) is 11.6 Å². The Balaban J connectivity index is 1.48. The SMILES string of the molecule is CC(=O)c1cccc(OCC(=O)NCc2nc(-c3ccco3)n[nH]2)c1. The minimum atomic E-state index is -0.316. The Morgan fingerprint density at radius 2 is 2.16 bits per heavy atom. The Hall–Kier alpha value is -3.42. The number of furan rings is 1. The van der Waals surface area contributed by atoms with Gasteiger partial charge in [0.25, 0.3) is 5.91 Å². The van der Waals surface area contributed by atoms with E-state index in [1.807, 2.05) is 0 Å². The molecule has 2 N–H and O–H groups in total. The molecule has 128 valence electrons. The Morgan fingerprint density at radius 1 is 1.28 bits per heavy atom. The third kappa shape index (κ3) is 4.31. The number of amides is 1. The molecule has 0 aliphatic carbocycles. The quantitative estimate of drug-likeness (QED) is 0.636. The highest BCUT2D eigenvalue weighted by Gasteiger charge is 2.10. The molecule has 0 aliphatic rings. The second kappa shape index (κ2) is 7.43. The van der Waals surface area contributed by atoms with E-state index in [9.17, 15) is 9.59 Å². The molecular formula is C17H16N4O4. The number of benzene rings is 1. The predicted octanol–water partition coefficient (Wildman–Crippen LogP) is 1.96. The molecule has 0 saturated carbocycles. The molecule has 2 heterocycles. The number of nitrogens with one attached hydrogen (secondary N) is 2. The van der Waals surface area contributed by atoms with Crippen molar-refractivity contribution in [1.29, 1.82) is 0 Å². The smallest absolute Gasteiger partial charge is 0.258 e. The zero-order valence-electron chi connectivity index (χ0n) is 13.5. The number of ketones is 1. The van der Waals surface area contributed by atoms with E-state index < -0.39 is 0 Å². The van der Waals surface area contributed by atoms with Crippen LogP contribution in [0, 0.1) is 0 Å². The van der Waals surface area contributed by atoms with E-state index in [0.717, 1.165) is 0 Å². The molecule has 8 nitrogen and oxygen atoms in total. The minimum Gasteiger partial charge on any atom is -0.484 e. The van der Waals surface area contributed by atoms with E-state index >= 15 is 0 Å². The van der Waals surface area contributed by atoms with Gasteiger partial charge in [0.05, 0.1) is 12.8 Å². The largest absolute Gasteiger partial charge is 0.484 e. The molecule has 1 amide bonds. The Morgan fingerprint density at radius 3 is 2.92 bits per heavy atom. The summed E-state index contributed by atoms with van der Waals surface area (Å²) in [6, 6.07) is 10.2. The molecule has 0 fully saturated rings. The molecule has 0 radical (unpaired) electrons. The van der Waals surface area contributed by atoms with Crippen LogP contribution in [0.3, 0.4) is 0 Å². The lowest BCUT2D eigenvalue weighted by Gasteiger charge is -2.07. The van der Waals surface area contributed by atoms with Crippen LogP contribution in [-0.4, -0.2) is 33.5 Å². The normalized spacial score (nSPS) is 10.4. The maximum atomic E-state index is 11.9. The Bertz CT molecular complexity index is 870. The molecular weight excluding hydrogens is 324 g/mol. The number of H-pyrrole nitrogens is 1. The van der Waals surface area contributed by atoms with E-state index in [2.05, 4.69) is 20.5 Å². The summed E-state index contributed by atoms with van der Waals surface area (Å²) in [5, 5.41) is 9.41. The van der Waals surface area contributed by atoms with E-state index in [-0.39, 0.29) is 24.8 Å². The lowest BCUT2D eigenvalue weighted by atomic mass is 10.1. The molecule has 3 aromatic rings. The summed E-state index contributed by atoms with van der Waals surface area (Å²) in [6.45, 7) is 1.49. The molecule has 0 aliphatic heterocycles. The fourth-order valence-electron chi connectivity index (χ4n) is 2.08. The summed E-state index contributed by atoms with van der Waals surface area (Å²) in [4.78, 5) is 27.4. The van der Waals surface area contributed by atoms with E-state index in [4.69, 9.17) is 9.15 Å². The first-order valence-corrected chi connectivity index (χ1v) is 7.57. The van der Waals surface area contributed by atoms with E-state index in [0.29, 0.717) is 28.7 Å². The number of rotatable bonds is 7. The van der Waals surface area contributed by atoms with Crippen LogP contribution in [0.15, 0.2) is 47.1 Å². The van der Waals surface area contributed by atoms with Crippen molar-refractivity contribution < 1.29 is 18.7 Å². The molecule has 25 heavy (non-hydrogen) atoms. The second-order valence-electron chi connectivity index (χ2n) is 5.23. The van der Waals surface area contributed by atoms with Crippen LogP contribution in [0.5, 0.6) is 5.75 Å². The summed E-state index contributed by atoms with van der Waals surface area (Å²) >= 11 is 0. The van der Waals surface area contributed by atoms with Crippen molar-refractivity contribution in [3.05, 3.63) is 54.0 Å². The van der Waals surface area contributed by atoms with Gasteiger partial charge in [0, 0.05) is 5.56 Å². The number of nitrogens with zero attached hydrogens (tertiary/aromatic N) is 2. The topological polar surface area (TPSA) is 110 Å². The van der Waals surface area contributed by atoms with Crippen molar-refractivity contribution >= 4 is 11.7 Å². The average molecular weight is 340 g/mol. The second-order valence-corrected chi connectivity index (χ2v) is 5.23. The highest BCUT2D eigenvalue weighted by molar-refractivity contribution is 5.94. The molecule has 1 aromatic carbocycles. The van der Waals surface area contributed by atoms with Gasteiger partial charge in [0.15, 0.2) is 18.2 Å². The maximum Gasteiger partial charge on any atom is 0.258 e. The number of hydrogen-bond acceptors (Lipinski definition) is 6. The summed E-state index contributed by atoms with van der Waals surface area (Å²) in [5.74, 6) is 1.55. The summed E-state index contributed by atoms with van der Waals surface area (Å²) in [7, 11) is 0. The fourth-order valence-corrected chi connectivity index (χ4v) is 2.08. The van der Waals surface area contributed by atoms with Crippen molar-refractivity contribution in [2.45, 2.75) is 13.5 Å². The summed E-state index contributed by atoms with van der Waals surface area (Å²) in [6.07, 6.45) is 1.53. The molecule has 2 aromatic heterocycles. The third-order valence-electron chi connectivity index (χ3n) is 3.34. The number of aromatic nitrogens is 3. The Kier molecular flexibility index (Phi) is 4.89. The van der Waals surface area contributed by atoms with Crippen LogP contribution < -0.4 is 10.1 Å². The molecule has 0 bridgehead atoms. The van der Waals surface area contributed by atoms with Crippen molar-refractivity contribution in [3.63, 3.8) is 0 Å². The summed E-state index contributed by atoms with van der Waals surface area (Å²) in [5.41, 5.74) is 0.532. The first-order valence-electron chi connectivity index (χ1n) is 7.57. The van der Waals surface area contributed by atoms with Crippen LogP contribution in [0.4, 0.5) is 0 Å². The first kappa shape index (κ1) is 16.4. The molecule has 0 unspecified atom stereocenters. The molecule has 0 spiro atoms. The minimum absolute atomic E-state index is 0.0624. The monoisotopic (exact) mass is 340 g/mol. The van der Waals surface area contributed by atoms with Crippen molar-refractivity contribution in [1.82, 2.24) is 20.5 Å². The van der Waals surface area contributed by atoms with Crippen LogP contribution >= 0.6 is 0 Å². The predicted molar refractivity (Wildman–Crippen MR) is 87.9 cm³/mol. The fraction of sp³-hybridized carbons (Fsp3) is 0.176. The van der Waals surface area contributed by atoms with Crippen molar-refractivity contribution in [3.8, 4) is 17.3 Å². The van der Waals surface area contributed by atoms with Gasteiger partial charge in [-0.15, -0.1) is 5.10 Å². The Labute approximate surface area is 143 Å². The number of carbonyl (C=O) groups excluding carboxylic acids is 2. The van der Waals surface area contributed by atoms with Crippen LogP contribution in [0.2, 0.25) is 0 Å². The van der Waals surface area contributed by atoms with Crippen LogP contribution in [-0.2, 0) is 11.3 Å². The van der Waals surface area contributed by atoms with Gasteiger partial charge >= 0.3 is 0 Å². The number of aromatic amines is 1. The standard InChI is InChI=1S/C17H16N4O4/c1-11(22)12-4-2-5-13(8-12)25-10-16(23)18-9-15-19-17(21-20-15)14-6-3-7-24-14/h2-8H,9-10H2,1H3,(H,18,23)(H,19,20,21). The zero-order chi connectivity index (χ0) is 17.6. The van der Waals surface area contributed by atoms with Crippen molar-refractivity contribution in [2.75, 3.05) is 6.61 Å².